The van der Waals surface area contributed by atoms with Gasteiger partial charge in [-0.05, 0) is 74.0 Å². The number of likely N-dealkylation sites (tertiary alicyclic amines) is 1. The zero-order valence-electron chi connectivity index (χ0n) is 21.5. The van der Waals surface area contributed by atoms with Crippen LogP contribution in [0.15, 0.2) is 73.2 Å². The number of allylic oxidation sites excluding steroid dienone is 3. The van der Waals surface area contributed by atoms with Gasteiger partial charge in [0.1, 0.15) is 18.1 Å². The van der Waals surface area contributed by atoms with Gasteiger partial charge in [-0.25, -0.2) is 9.97 Å². The lowest BCUT2D eigenvalue weighted by molar-refractivity contribution is 0.143. The minimum atomic E-state index is 0.427. The maximum absolute atomic E-state index is 6.16. The van der Waals surface area contributed by atoms with E-state index in [1.165, 1.54) is 12.8 Å². The topological polar surface area (TPSA) is 78.0 Å². The maximum atomic E-state index is 6.16. The Morgan fingerprint density at radius 1 is 1.14 bits per heavy atom. The third-order valence-electron chi connectivity index (χ3n) is 6.12. The van der Waals surface area contributed by atoms with E-state index in [9.17, 15) is 0 Å². The Hall–Kier alpha value is -3.46. The van der Waals surface area contributed by atoms with Gasteiger partial charge in [0.15, 0.2) is 0 Å². The van der Waals surface area contributed by atoms with Gasteiger partial charge >= 0.3 is 0 Å². The van der Waals surface area contributed by atoms with Crippen molar-refractivity contribution < 1.29 is 18.9 Å². The number of nitrogens with zero attached hydrogens (tertiary/aromatic N) is 3. The highest BCUT2D eigenvalue weighted by Gasteiger charge is 2.13. The summed E-state index contributed by atoms with van der Waals surface area (Å²) in [4.78, 5) is 11.6. The second-order valence-electron chi connectivity index (χ2n) is 8.80. The highest BCUT2D eigenvalue weighted by Crippen LogP contribution is 2.26. The SMILES string of the molecule is C=C(/C=C\C1=C/COC/C=C\COCc2cc(ccc2OCCN2CCCC2)Nc2nccc1n2)OC. The zero-order chi connectivity index (χ0) is 25.7. The van der Waals surface area contributed by atoms with E-state index >= 15 is 0 Å². The molecule has 4 rings (SSSR count). The van der Waals surface area contributed by atoms with Gasteiger partial charge in [-0.3, -0.25) is 4.90 Å². The lowest BCUT2D eigenvalue weighted by atomic mass is 10.1. The summed E-state index contributed by atoms with van der Waals surface area (Å²) < 4.78 is 23.0. The van der Waals surface area contributed by atoms with Crippen LogP contribution in [0.1, 0.15) is 24.1 Å². The first kappa shape index (κ1) is 26.6. The van der Waals surface area contributed by atoms with E-state index in [4.69, 9.17) is 23.9 Å². The van der Waals surface area contributed by atoms with Crippen molar-refractivity contribution in [3.8, 4) is 5.75 Å². The Morgan fingerprint density at radius 2 is 1.97 bits per heavy atom. The second kappa shape index (κ2) is 14.3. The summed E-state index contributed by atoms with van der Waals surface area (Å²) in [6.07, 6.45) is 13.9. The third kappa shape index (κ3) is 8.56. The number of nitrogens with one attached hydrogen (secondary N) is 1. The number of aromatic nitrogens is 2. The third-order valence-corrected chi connectivity index (χ3v) is 6.12. The first-order chi connectivity index (χ1) is 18.2. The van der Waals surface area contributed by atoms with E-state index < -0.39 is 0 Å². The highest BCUT2D eigenvalue weighted by atomic mass is 16.5. The number of hydrogen-bond acceptors (Lipinski definition) is 8. The summed E-state index contributed by atoms with van der Waals surface area (Å²) in [6, 6.07) is 7.86. The van der Waals surface area contributed by atoms with Gasteiger partial charge in [-0.2, -0.15) is 0 Å². The minimum absolute atomic E-state index is 0.427. The molecular weight excluding hydrogens is 468 g/mol. The molecule has 1 fully saturated rings. The molecule has 2 aromatic rings. The molecule has 2 aliphatic rings. The van der Waals surface area contributed by atoms with Crippen molar-refractivity contribution in [2.45, 2.75) is 19.4 Å². The molecule has 8 nitrogen and oxygen atoms in total. The predicted molar refractivity (Wildman–Crippen MR) is 146 cm³/mol. The fourth-order valence-electron chi connectivity index (χ4n) is 4.08. The monoisotopic (exact) mass is 504 g/mol. The van der Waals surface area contributed by atoms with Crippen molar-refractivity contribution in [2.75, 3.05) is 58.5 Å². The summed E-state index contributed by atoms with van der Waals surface area (Å²) in [5.74, 6) is 1.87. The molecule has 0 unspecified atom stereocenters. The van der Waals surface area contributed by atoms with Gasteiger partial charge in [0.2, 0.25) is 5.95 Å². The Balaban J connectivity index is 1.55. The number of fused-ring (bicyclic) bond motifs is 4. The van der Waals surface area contributed by atoms with Gasteiger partial charge in [0, 0.05) is 24.0 Å². The standard InChI is InChI=1S/C29H36N4O4/c1-23(34-2)7-8-24-12-19-35-17-5-6-18-36-22-25-21-26(31-29-30-13-11-27(24)32-29)9-10-28(25)37-20-16-33-14-3-4-15-33/h5-13,21H,1,3-4,14-20,22H2,2H3,(H,30,31,32)/b6-5-,8-7-,24-12+. The average Bonchev–Trinajstić information content (AvgIpc) is 3.43. The van der Waals surface area contributed by atoms with Gasteiger partial charge in [-0.15, -0.1) is 0 Å². The molecule has 1 aromatic carbocycles. The molecule has 0 atom stereocenters. The van der Waals surface area contributed by atoms with E-state index in [2.05, 4.69) is 21.8 Å². The van der Waals surface area contributed by atoms with Crippen LogP contribution in [0.4, 0.5) is 11.6 Å². The zero-order valence-corrected chi connectivity index (χ0v) is 21.5. The number of anilines is 2. The predicted octanol–water partition coefficient (Wildman–Crippen LogP) is 4.90. The second-order valence-corrected chi connectivity index (χ2v) is 8.80. The molecule has 196 valence electrons. The maximum Gasteiger partial charge on any atom is 0.227 e. The lowest BCUT2D eigenvalue weighted by Gasteiger charge is -2.17. The molecule has 4 bridgehead atoms. The molecule has 3 heterocycles. The van der Waals surface area contributed by atoms with E-state index in [0.717, 1.165) is 47.9 Å². The van der Waals surface area contributed by atoms with Crippen LogP contribution in [-0.2, 0) is 20.8 Å². The Bertz CT molecular complexity index is 1120. The van der Waals surface area contributed by atoms with Crippen molar-refractivity contribution in [3.63, 3.8) is 0 Å². The summed E-state index contributed by atoms with van der Waals surface area (Å²) >= 11 is 0. The van der Waals surface area contributed by atoms with Gasteiger partial charge in [0.25, 0.3) is 0 Å². The first-order valence-electron chi connectivity index (χ1n) is 12.7. The number of benzene rings is 1. The van der Waals surface area contributed by atoms with Gasteiger partial charge in [-0.1, -0.05) is 18.7 Å². The van der Waals surface area contributed by atoms with Crippen molar-refractivity contribution in [1.82, 2.24) is 14.9 Å². The van der Waals surface area contributed by atoms with E-state index in [1.54, 1.807) is 19.4 Å². The van der Waals surface area contributed by atoms with Crippen molar-refractivity contribution in [1.29, 1.82) is 0 Å². The molecule has 0 aliphatic carbocycles. The van der Waals surface area contributed by atoms with E-state index in [0.29, 0.717) is 44.7 Å². The normalized spacial score (nSPS) is 19.4. The molecule has 37 heavy (non-hydrogen) atoms. The molecule has 0 spiro atoms. The quantitative estimate of drug-likeness (QED) is 0.324. The minimum Gasteiger partial charge on any atom is -0.497 e. The fourth-order valence-corrected chi connectivity index (χ4v) is 4.08. The summed E-state index contributed by atoms with van der Waals surface area (Å²) in [7, 11) is 1.59. The largest absolute Gasteiger partial charge is 0.497 e. The Labute approximate surface area is 219 Å². The van der Waals surface area contributed by atoms with Gasteiger partial charge in [0.05, 0.1) is 39.2 Å². The van der Waals surface area contributed by atoms with Crippen molar-refractivity contribution >= 4 is 17.2 Å². The van der Waals surface area contributed by atoms with Crippen LogP contribution in [-0.4, -0.2) is 68.0 Å². The molecule has 1 aromatic heterocycles. The van der Waals surface area contributed by atoms with Crippen LogP contribution in [0.2, 0.25) is 0 Å². The van der Waals surface area contributed by atoms with Crippen LogP contribution in [0.25, 0.3) is 5.57 Å². The van der Waals surface area contributed by atoms with Crippen molar-refractivity contribution in [3.05, 3.63) is 84.4 Å². The lowest BCUT2D eigenvalue weighted by Crippen LogP contribution is -2.25. The molecule has 0 radical (unpaired) electrons. The molecule has 0 amide bonds. The molecule has 1 N–H and O–H groups in total. The van der Waals surface area contributed by atoms with Crippen LogP contribution >= 0.6 is 0 Å². The molecule has 1 saturated heterocycles. The van der Waals surface area contributed by atoms with Crippen LogP contribution in [0.5, 0.6) is 5.75 Å². The molecule has 8 heteroatoms. The number of ether oxygens (including phenoxy) is 4. The molecule has 0 saturated carbocycles. The molecular formula is C29H36N4O4. The Morgan fingerprint density at radius 3 is 2.81 bits per heavy atom. The van der Waals surface area contributed by atoms with Crippen molar-refractivity contribution in [2.24, 2.45) is 0 Å². The molecule has 2 aliphatic heterocycles. The Kier molecular flexibility index (Phi) is 10.3. The van der Waals surface area contributed by atoms with Gasteiger partial charge < -0.3 is 24.3 Å². The first-order valence-corrected chi connectivity index (χ1v) is 12.7. The van der Waals surface area contributed by atoms with E-state index in [1.807, 2.05) is 48.6 Å². The summed E-state index contributed by atoms with van der Waals surface area (Å²) in [5.41, 5.74) is 3.46. The number of methoxy groups -OCH3 is 1. The number of hydrogen-bond donors (Lipinski definition) is 1. The smallest absolute Gasteiger partial charge is 0.227 e. The summed E-state index contributed by atoms with van der Waals surface area (Å²) in [5, 5.41) is 3.32. The van der Waals surface area contributed by atoms with Crippen LogP contribution < -0.4 is 10.1 Å². The number of rotatable bonds is 7. The fraction of sp³-hybridized carbons (Fsp3) is 0.379. The van der Waals surface area contributed by atoms with Crippen LogP contribution in [0.3, 0.4) is 0 Å². The summed E-state index contributed by atoms with van der Waals surface area (Å²) in [6.45, 7) is 9.59. The average molecular weight is 505 g/mol. The van der Waals surface area contributed by atoms with E-state index in [-0.39, 0.29) is 0 Å². The van der Waals surface area contributed by atoms with Crippen LogP contribution in [0, 0.1) is 0 Å². The highest BCUT2D eigenvalue weighted by molar-refractivity contribution is 5.73.